The molecule has 2 aromatic heterocycles. The molecule has 2 atom stereocenters. The largest absolute Gasteiger partial charge is 0.495 e. The molecule has 0 bridgehead atoms. The zero-order valence-electron chi connectivity index (χ0n) is 22.8. The molecule has 3 heterocycles. The van der Waals surface area contributed by atoms with Gasteiger partial charge in [-0.2, -0.15) is 0 Å². The lowest BCUT2D eigenvalue weighted by Crippen LogP contribution is -2.36. The van der Waals surface area contributed by atoms with Crippen LogP contribution in [0.5, 0.6) is 5.75 Å². The van der Waals surface area contributed by atoms with Crippen LogP contribution < -0.4 is 4.74 Å². The van der Waals surface area contributed by atoms with Crippen molar-refractivity contribution in [2.75, 3.05) is 13.7 Å². The van der Waals surface area contributed by atoms with Crippen molar-refractivity contribution in [2.45, 2.75) is 57.5 Å². The molecule has 1 aliphatic heterocycles. The molecular weight excluding hydrogens is 492 g/mol. The number of ether oxygens (including phenoxy) is 1. The monoisotopic (exact) mass is 528 g/mol. The van der Waals surface area contributed by atoms with E-state index in [1.165, 1.54) is 0 Å². The first-order valence-electron chi connectivity index (χ1n) is 13.2. The topological polar surface area (TPSA) is 78.1 Å². The van der Waals surface area contributed by atoms with Gasteiger partial charge in [0.2, 0.25) is 5.91 Å². The third-order valence-electron chi connectivity index (χ3n) is 7.59. The Bertz CT molecular complexity index is 1410. The quantitative estimate of drug-likeness (QED) is 0.295. The minimum absolute atomic E-state index is 0.120. The van der Waals surface area contributed by atoms with Crippen molar-refractivity contribution >= 4 is 14.0 Å². The van der Waals surface area contributed by atoms with Gasteiger partial charge in [-0.15, -0.1) is 5.10 Å². The van der Waals surface area contributed by atoms with E-state index in [2.05, 4.69) is 47.1 Å². The number of carbonyl (C=O) groups excluding carboxylic acids is 1. The fourth-order valence-electron chi connectivity index (χ4n) is 5.25. The number of hydrogen-bond donors (Lipinski definition) is 0. The maximum absolute atomic E-state index is 13.9. The lowest BCUT2D eigenvalue weighted by atomic mass is 10.1. The second-order valence-electron chi connectivity index (χ2n) is 11.2. The van der Waals surface area contributed by atoms with Gasteiger partial charge in [0.05, 0.1) is 31.0 Å². The van der Waals surface area contributed by atoms with Crippen LogP contribution in [-0.2, 0) is 11.3 Å². The molecule has 9 heteroatoms. The van der Waals surface area contributed by atoms with Crippen LogP contribution in [0.2, 0.25) is 25.2 Å². The summed E-state index contributed by atoms with van der Waals surface area (Å²) in [6.07, 6.45) is 7.47. The van der Waals surface area contributed by atoms with E-state index in [1.54, 1.807) is 18.1 Å². The van der Waals surface area contributed by atoms with Crippen LogP contribution in [-0.4, -0.2) is 57.1 Å². The fourth-order valence-corrected chi connectivity index (χ4v) is 7.18. The maximum atomic E-state index is 13.9. The molecule has 1 saturated heterocycles. The SMILES string of the molecule is COc1cc(-c2cn([C@H]3C[C@@H]([Si](C)(C)C)CCN(Cc4ccccc4)C3=O)nn2)ccc1-n1cnc(C)c1. The number of carbonyl (C=O) groups is 1. The molecule has 1 aliphatic rings. The predicted octanol–water partition coefficient (Wildman–Crippen LogP) is 5.52. The first-order chi connectivity index (χ1) is 18.2. The minimum atomic E-state index is -1.49. The first-order valence-corrected chi connectivity index (χ1v) is 16.7. The Morgan fingerprint density at radius 1 is 1.08 bits per heavy atom. The molecule has 1 fully saturated rings. The molecule has 0 unspecified atom stereocenters. The molecule has 4 aromatic rings. The van der Waals surface area contributed by atoms with Crippen LogP contribution in [0.1, 0.15) is 30.1 Å². The van der Waals surface area contributed by atoms with Gasteiger partial charge in [0.25, 0.3) is 0 Å². The number of imidazole rings is 1. The zero-order chi connectivity index (χ0) is 26.9. The van der Waals surface area contributed by atoms with Gasteiger partial charge in [0.15, 0.2) is 0 Å². The van der Waals surface area contributed by atoms with Crippen molar-refractivity contribution in [3.63, 3.8) is 0 Å². The van der Waals surface area contributed by atoms with Crippen LogP contribution in [0, 0.1) is 6.92 Å². The van der Waals surface area contributed by atoms with E-state index in [0.29, 0.717) is 23.5 Å². The van der Waals surface area contributed by atoms with E-state index < -0.39 is 8.07 Å². The average molecular weight is 529 g/mol. The van der Waals surface area contributed by atoms with Gasteiger partial charge in [-0.25, -0.2) is 9.67 Å². The van der Waals surface area contributed by atoms with Crippen molar-refractivity contribution in [1.82, 2.24) is 29.4 Å². The van der Waals surface area contributed by atoms with Crippen molar-refractivity contribution in [2.24, 2.45) is 0 Å². The maximum Gasteiger partial charge on any atom is 0.247 e. The number of methoxy groups -OCH3 is 1. The Hall–Kier alpha value is -3.72. The Kier molecular flexibility index (Phi) is 7.20. The molecule has 0 radical (unpaired) electrons. The fraction of sp³-hybridized carbons (Fsp3) is 0.379. The van der Waals surface area contributed by atoms with Crippen LogP contribution >= 0.6 is 0 Å². The van der Waals surface area contributed by atoms with E-state index in [0.717, 1.165) is 41.9 Å². The van der Waals surface area contributed by atoms with Crippen LogP contribution in [0.15, 0.2) is 67.3 Å². The summed E-state index contributed by atoms with van der Waals surface area (Å²) in [5.41, 5.74) is 5.10. The predicted molar refractivity (Wildman–Crippen MR) is 151 cm³/mol. The minimum Gasteiger partial charge on any atom is -0.495 e. The highest BCUT2D eigenvalue weighted by Gasteiger charge is 2.38. The van der Waals surface area contributed by atoms with Gasteiger partial charge in [-0.05, 0) is 43.0 Å². The average Bonchev–Trinajstić information content (AvgIpc) is 3.53. The summed E-state index contributed by atoms with van der Waals surface area (Å²) in [4.78, 5) is 20.2. The molecule has 38 heavy (non-hydrogen) atoms. The normalized spacial score (nSPS) is 18.4. The Morgan fingerprint density at radius 2 is 1.87 bits per heavy atom. The number of aromatic nitrogens is 5. The van der Waals surface area contributed by atoms with Crippen LogP contribution in [0.3, 0.4) is 0 Å². The molecule has 1 amide bonds. The molecule has 8 nitrogen and oxygen atoms in total. The molecule has 0 aliphatic carbocycles. The van der Waals surface area contributed by atoms with E-state index in [4.69, 9.17) is 4.74 Å². The summed E-state index contributed by atoms with van der Waals surface area (Å²) in [7, 11) is 0.173. The zero-order valence-corrected chi connectivity index (χ0v) is 23.8. The summed E-state index contributed by atoms with van der Waals surface area (Å²) >= 11 is 0. The second-order valence-corrected chi connectivity index (χ2v) is 16.8. The van der Waals surface area contributed by atoms with Gasteiger partial charge >= 0.3 is 0 Å². The number of rotatable bonds is 7. The van der Waals surface area contributed by atoms with Crippen molar-refractivity contribution in [3.05, 3.63) is 78.5 Å². The highest BCUT2D eigenvalue weighted by molar-refractivity contribution is 6.77. The summed E-state index contributed by atoms with van der Waals surface area (Å²) in [6.45, 7) is 10.5. The van der Waals surface area contributed by atoms with E-state index >= 15 is 0 Å². The van der Waals surface area contributed by atoms with Gasteiger partial charge in [-0.1, -0.05) is 61.3 Å². The Morgan fingerprint density at radius 3 is 2.55 bits per heavy atom. The second kappa shape index (κ2) is 10.6. The lowest BCUT2D eigenvalue weighted by Gasteiger charge is -2.29. The third kappa shape index (κ3) is 5.43. The number of benzene rings is 2. The van der Waals surface area contributed by atoms with E-state index in [9.17, 15) is 4.79 Å². The molecule has 0 spiro atoms. The first kappa shape index (κ1) is 25.9. The highest BCUT2D eigenvalue weighted by Crippen LogP contribution is 2.38. The third-order valence-corrected chi connectivity index (χ3v) is 10.6. The highest BCUT2D eigenvalue weighted by atomic mass is 28.3. The molecule has 198 valence electrons. The summed E-state index contributed by atoms with van der Waals surface area (Å²) in [5, 5.41) is 8.97. The molecule has 0 N–H and O–H groups in total. The summed E-state index contributed by atoms with van der Waals surface area (Å²) < 4.78 is 9.42. The smallest absolute Gasteiger partial charge is 0.247 e. The molecule has 0 saturated carbocycles. The van der Waals surface area contributed by atoms with Crippen molar-refractivity contribution in [1.29, 1.82) is 0 Å². The van der Waals surface area contributed by atoms with Gasteiger partial charge in [0, 0.05) is 32.9 Å². The van der Waals surface area contributed by atoms with Gasteiger partial charge in [-0.3, -0.25) is 4.79 Å². The van der Waals surface area contributed by atoms with Crippen LogP contribution in [0.25, 0.3) is 16.9 Å². The molecule has 5 rings (SSSR count). The Labute approximate surface area is 225 Å². The molecule has 2 aromatic carbocycles. The number of likely N-dealkylation sites (tertiary alicyclic amines) is 1. The van der Waals surface area contributed by atoms with Crippen LogP contribution in [0.4, 0.5) is 0 Å². The van der Waals surface area contributed by atoms with Crippen molar-refractivity contribution < 1.29 is 9.53 Å². The standard InChI is InChI=1S/C29H36N6O2Si/c1-21-17-34(20-30-21)26-12-11-23(15-28(26)37-2)25-19-35(32-31-25)27-16-24(38(3,4)5)13-14-33(29(27)36)18-22-9-7-6-8-10-22/h6-12,15,17,19-20,24,27H,13-14,16,18H2,1-5H3/t24-,27-/m0/s1. The van der Waals surface area contributed by atoms with Gasteiger partial charge in [0.1, 0.15) is 17.5 Å². The van der Waals surface area contributed by atoms with E-state index in [-0.39, 0.29) is 11.9 Å². The number of aryl methyl sites for hydroxylation is 1. The number of nitrogens with zero attached hydrogens (tertiary/aromatic N) is 6. The lowest BCUT2D eigenvalue weighted by molar-refractivity contribution is -0.135. The summed E-state index contributed by atoms with van der Waals surface area (Å²) in [5.74, 6) is 0.835. The summed E-state index contributed by atoms with van der Waals surface area (Å²) in [6, 6.07) is 15.8. The van der Waals surface area contributed by atoms with Crippen molar-refractivity contribution in [3.8, 4) is 22.7 Å². The molecular formula is C29H36N6O2Si. The number of hydrogen-bond acceptors (Lipinski definition) is 5. The van der Waals surface area contributed by atoms with E-state index in [1.807, 2.05) is 65.2 Å². The number of amides is 1. The van der Waals surface area contributed by atoms with Gasteiger partial charge < -0.3 is 14.2 Å². The Balaban J connectivity index is 1.45.